The number of carbonyl (C=O) groups excluding carboxylic acids is 2. The van der Waals surface area contributed by atoms with Gasteiger partial charge in [-0.15, -0.1) is 10.1 Å². The maximum Gasteiger partial charge on any atom is 0.511 e. The molecular formula is C18H16Cl2F3NO9. The van der Waals surface area contributed by atoms with E-state index in [4.69, 9.17) is 32.7 Å². The van der Waals surface area contributed by atoms with Gasteiger partial charge in [-0.05, 0) is 25.1 Å². The maximum absolute atomic E-state index is 13.5. The van der Waals surface area contributed by atoms with Crippen molar-refractivity contribution >= 4 is 41.4 Å². The Labute approximate surface area is 194 Å². The van der Waals surface area contributed by atoms with Crippen LogP contribution < -0.4 is 4.74 Å². The molecule has 1 heterocycles. The first-order valence-electron chi connectivity index (χ1n) is 9.07. The van der Waals surface area contributed by atoms with E-state index >= 15 is 0 Å². The molecule has 1 aliphatic rings. The quantitative estimate of drug-likeness (QED) is 0.208. The highest BCUT2D eigenvalue weighted by atomic mass is 35.5. The van der Waals surface area contributed by atoms with Crippen molar-refractivity contribution in [3.8, 4) is 5.75 Å². The normalized spacial score (nSPS) is 16.9. The van der Waals surface area contributed by atoms with Crippen LogP contribution in [0.1, 0.15) is 25.8 Å². The average molecular weight is 518 g/mol. The van der Waals surface area contributed by atoms with E-state index in [0.717, 1.165) is 13.0 Å². The zero-order chi connectivity index (χ0) is 24.9. The third-order valence-corrected chi connectivity index (χ3v) is 4.44. The molecular weight excluding hydrogens is 502 g/mol. The largest absolute Gasteiger partial charge is 0.511 e. The maximum atomic E-state index is 13.5. The van der Waals surface area contributed by atoms with E-state index in [1.807, 2.05) is 0 Å². The lowest BCUT2D eigenvalue weighted by atomic mass is 10.0. The molecule has 0 bridgehead atoms. The second-order valence-electron chi connectivity index (χ2n) is 6.56. The Morgan fingerprint density at radius 2 is 1.91 bits per heavy atom. The van der Waals surface area contributed by atoms with Crippen LogP contribution >= 0.6 is 23.2 Å². The number of rotatable bonds is 8. The van der Waals surface area contributed by atoms with E-state index in [9.17, 15) is 32.9 Å². The number of alkyl halides is 3. The molecule has 0 N–H and O–H groups in total. The average Bonchev–Trinajstić information content (AvgIpc) is 2.65. The molecule has 0 spiro atoms. The van der Waals surface area contributed by atoms with Crippen LogP contribution in [0.15, 0.2) is 17.7 Å². The Balaban J connectivity index is 2.03. The summed E-state index contributed by atoms with van der Waals surface area (Å²) in [6.07, 6.45) is -10.7. The van der Waals surface area contributed by atoms with E-state index in [1.54, 1.807) is 0 Å². The topological polar surface area (TPSA) is 123 Å². The second kappa shape index (κ2) is 10.8. The van der Waals surface area contributed by atoms with Crippen molar-refractivity contribution in [1.29, 1.82) is 0 Å². The molecule has 1 aromatic carbocycles. The Bertz CT molecular complexity index is 955. The Morgan fingerprint density at radius 1 is 1.24 bits per heavy atom. The molecule has 0 saturated heterocycles. The fraction of sp³-hybridized carbons (Fsp3) is 0.444. The molecule has 0 aliphatic carbocycles. The van der Waals surface area contributed by atoms with Crippen molar-refractivity contribution < 1.29 is 51.6 Å². The van der Waals surface area contributed by atoms with E-state index in [1.165, 1.54) is 19.1 Å². The molecule has 0 radical (unpaired) electrons. The van der Waals surface area contributed by atoms with Gasteiger partial charge in [0, 0.05) is 23.9 Å². The molecule has 0 aromatic heterocycles. The van der Waals surface area contributed by atoms with Gasteiger partial charge in [0.15, 0.2) is 0 Å². The fourth-order valence-electron chi connectivity index (χ4n) is 2.57. The molecule has 2 unspecified atom stereocenters. The van der Waals surface area contributed by atoms with Crippen LogP contribution in [0.25, 0.3) is 6.08 Å². The van der Waals surface area contributed by atoms with Gasteiger partial charge >= 0.3 is 18.3 Å². The Hall–Kier alpha value is -2.93. The van der Waals surface area contributed by atoms with Crippen molar-refractivity contribution in [1.82, 2.24) is 0 Å². The van der Waals surface area contributed by atoms with Crippen molar-refractivity contribution in [2.75, 3.05) is 6.61 Å². The van der Waals surface area contributed by atoms with Crippen LogP contribution in [-0.2, 0) is 23.8 Å². The number of nitrogens with zero attached hydrogens (tertiary/aromatic N) is 1. The first kappa shape index (κ1) is 26.3. The zero-order valence-electron chi connectivity index (χ0n) is 16.9. The van der Waals surface area contributed by atoms with Gasteiger partial charge in [0.05, 0.1) is 17.2 Å². The lowest BCUT2D eigenvalue weighted by Gasteiger charge is -2.29. The second-order valence-corrected chi connectivity index (χ2v) is 7.41. The molecule has 1 aliphatic heterocycles. The summed E-state index contributed by atoms with van der Waals surface area (Å²) in [6.45, 7) is 2.09. The molecule has 0 fully saturated rings. The highest BCUT2D eigenvalue weighted by molar-refractivity contribution is 6.36. The van der Waals surface area contributed by atoms with Gasteiger partial charge in [0.2, 0.25) is 12.4 Å². The predicted molar refractivity (Wildman–Crippen MR) is 105 cm³/mol. The summed E-state index contributed by atoms with van der Waals surface area (Å²) in [6, 6.07) is 2.42. The standard InChI is InChI=1S/C18H16Cl2F3NO9/c1-8(33-24(27)28)3-4-29-17(26)31-9(2)30-16(25)12-6-10-5-11(19)7-13(20)14(10)32-15(12)18(21,22)23/h5-9,15H,3-4H2,1-2H3/t8?,9?,15-/m0/s1. The molecule has 3 atom stereocenters. The number of ether oxygens (including phenoxy) is 4. The van der Waals surface area contributed by atoms with Crippen LogP contribution in [0.4, 0.5) is 18.0 Å². The fourth-order valence-corrected chi connectivity index (χ4v) is 3.12. The Morgan fingerprint density at radius 3 is 2.52 bits per heavy atom. The minimum Gasteiger partial charge on any atom is -0.474 e. The smallest absolute Gasteiger partial charge is 0.474 e. The summed E-state index contributed by atoms with van der Waals surface area (Å²) in [5.74, 6) is -1.80. The first-order valence-corrected chi connectivity index (χ1v) is 9.83. The van der Waals surface area contributed by atoms with Gasteiger partial charge in [-0.25, -0.2) is 9.59 Å². The highest BCUT2D eigenvalue weighted by Crippen LogP contribution is 2.42. The van der Waals surface area contributed by atoms with E-state index in [-0.39, 0.29) is 34.4 Å². The van der Waals surface area contributed by atoms with E-state index in [2.05, 4.69) is 14.3 Å². The van der Waals surface area contributed by atoms with Crippen LogP contribution in [0, 0.1) is 10.1 Å². The van der Waals surface area contributed by atoms with Crippen molar-refractivity contribution in [3.63, 3.8) is 0 Å². The molecule has 2 rings (SSSR count). The number of hydrogen-bond donors (Lipinski definition) is 0. The number of hydrogen-bond acceptors (Lipinski definition) is 9. The number of esters is 1. The van der Waals surface area contributed by atoms with Crippen LogP contribution in [0.2, 0.25) is 10.0 Å². The Kier molecular flexibility index (Phi) is 8.61. The monoisotopic (exact) mass is 517 g/mol. The lowest BCUT2D eigenvalue weighted by molar-refractivity contribution is -0.767. The lowest BCUT2D eigenvalue weighted by Crippen LogP contribution is -2.41. The molecule has 15 heteroatoms. The van der Waals surface area contributed by atoms with Gasteiger partial charge in [0.1, 0.15) is 11.9 Å². The summed E-state index contributed by atoms with van der Waals surface area (Å²) in [5.41, 5.74) is -0.915. The molecule has 182 valence electrons. The van der Waals surface area contributed by atoms with Crippen LogP contribution in [0.3, 0.4) is 0 Å². The zero-order valence-corrected chi connectivity index (χ0v) is 18.4. The predicted octanol–water partition coefficient (Wildman–Crippen LogP) is 4.73. The third-order valence-electron chi connectivity index (χ3n) is 3.94. The third kappa shape index (κ3) is 7.56. The number of halogens is 5. The van der Waals surface area contributed by atoms with Gasteiger partial charge in [-0.3, -0.25) is 0 Å². The molecule has 0 saturated carbocycles. The SMILES string of the molecule is CC(CCOC(=O)OC(C)OC(=O)C1=Cc2cc(Cl)cc(Cl)c2O[C@@H]1C(F)(F)F)O[N+](=O)[O-]. The number of benzene rings is 1. The summed E-state index contributed by atoms with van der Waals surface area (Å²) >= 11 is 11.7. The van der Waals surface area contributed by atoms with Gasteiger partial charge in [-0.2, -0.15) is 13.2 Å². The highest BCUT2D eigenvalue weighted by Gasteiger charge is 2.49. The van der Waals surface area contributed by atoms with E-state index in [0.29, 0.717) is 0 Å². The van der Waals surface area contributed by atoms with E-state index < -0.39 is 47.5 Å². The first-order chi connectivity index (χ1) is 15.3. The molecule has 1 aromatic rings. The van der Waals surface area contributed by atoms with Gasteiger partial charge in [0.25, 0.3) is 5.09 Å². The van der Waals surface area contributed by atoms with Gasteiger partial charge < -0.3 is 23.8 Å². The molecule has 10 nitrogen and oxygen atoms in total. The van der Waals surface area contributed by atoms with Gasteiger partial charge in [-0.1, -0.05) is 23.2 Å². The summed E-state index contributed by atoms with van der Waals surface area (Å²) < 4.78 is 59.4. The molecule has 33 heavy (non-hydrogen) atoms. The summed E-state index contributed by atoms with van der Waals surface area (Å²) in [4.78, 5) is 38.4. The minimum absolute atomic E-state index is 0.0130. The van der Waals surface area contributed by atoms with Crippen molar-refractivity contribution in [3.05, 3.63) is 43.4 Å². The summed E-state index contributed by atoms with van der Waals surface area (Å²) in [7, 11) is 0. The van der Waals surface area contributed by atoms with Crippen molar-refractivity contribution in [2.24, 2.45) is 0 Å². The van der Waals surface area contributed by atoms with Crippen LogP contribution in [0.5, 0.6) is 5.75 Å². The minimum atomic E-state index is -5.00. The van der Waals surface area contributed by atoms with Crippen molar-refractivity contribution in [2.45, 2.75) is 44.9 Å². The molecule has 0 amide bonds. The number of carbonyl (C=O) groups is 2. The van der Waals surface area contributed by atoms with Crippen LogP contribution in [-0.4, -0.2) is 48.5 Å². The summed E-state index contributed by atoms with van der Waals surface area (Å²) in [5, 5.41) is 9.07. The number of fused-ring (bicyclic) bond motifs is 1.